The second-order valence-electron chi connectivity index (χ2n) is 2.20. The van der Waals surface area contributed by atoms with Crippen LogP contribution in [0.5, 0.6) is 5.75 Å². The third kappa shape index (κ3) is 2.99. The fraction of sp³-hybridized carbons (Fsp3) is 0.125. The second kappa shape index (κ2) is 4.86. The molecule has 0 bridgehead atoms. The van der Waals surface area contributed by atoms with E-state index >= 15 is 0 Å². The van der Waals surface area contributed by atoms with Crippen molar-refractivity contribution in [3.05, 3.63) is 24.3 Å². The van der Waals surface area contributed by atoms with E-state index in [1.807, 2.05) is 0 Å². The molecule has 3 nitrogen and oxygen atoms in total. The van der Waals surface area contributed by atoms with E-state index in [2.05, 4.69) is 5.32 Å². The smallest absolute Gasteiger partial charge is 1.00 e. The first-order valence-corrected chi connectivity index (χ1v) is 3.26. The molecule has 2 N–H and O–H groups in total. The topological polar surface area (TPSA) is 49.3 Å². The Hall–Kier alpha value is -0.913. The third-order valence-corrected chi connectivity index (χ3v) is 1.21. The van der Waals surface area contributed by atoms with Crippen molar-refractivity contribution in [2.75, 3.05) is 5.32 Å². The Kier molecular flexibility index (Phi) is 4.49. The first-order chi connectivity index (χ1) is 5.20. The number of phenolic OH excluding ortho intramolecular Hbond substituents is 1. The first kappa shape index (κ1) is 11.1. The van der Waals surface area contributed by atoms with Crippen LogP contribution in [-0.4, -0.2) is 11.0 Å². The largest absolute Gasteiger partial charge is 1.00 e. The molecule has 0 spiro atoms. The van der Waals surface area contributed by atoms with E-state index < -0.39 is 0 Å². The Morgan fingerprint density at radius 3 is 2.58 bits per heavy atom. The molecule has 0 radical (unpaired) electrons. The summed E-state index contributed by atoms with van der Waals surface area (Å²) in [5.74, 6) is -0.103. The molecule has 4 heteroatoms. The van der Waals surface area contributed by atoms with Gasteiger partial charge in [-0.25, -0.2) is 0 Å². The van der Waals surface area contributed by atoms with Crippen LogP contribution in [0.25, 0.3) is 0 Å². The maximum atomic E-state index is 10.5. The van der Waals surface area contributed by atoms with E-state index in [9.17, 15) is 4.79 Å². The molecule has 1 amide bonds. The van der Waals surface area contributed by atoms with E-state index in [1.54, 1.807) is 18.2 Å². The van der Waals surface area contributed by atoms with Crippen molar-refractivity contribution in [3.63, 3.8) is 0 Å². The molecule has 60 valence electrons. The molecule has 0 unspecified atom stereocenters. The van der Waals surface area contributed by atoms with Gasteiger partial charge in [-0.05, 0) is 12.1 Å². The van der Waals surface area contributed by atoms with Gasteiger partial charge in [0, 0.05) is 6.92 Å². The van der Waals surface area contributed by atoms with Gasteiger partial charge in [-0.15, -0.1) is 0 Å². The van der Waals surface area contributed by atoms with Crippen molar-refractivity contribution >= 4 is 11.6 Å². The van der Waals surface area contributed by atoms with Crippen LogP contribution in [0.1, 0.15) is 8.35 Å². The zero-order chi connectivity index (χ0) is 8.27. The SMILES string of the molecule is CC(=O)Nc1ccccc1O.[H-].[Li+]. The number of carbonyl (C=O) groups is 1. The Labute approximate surface area is 84.4 Å². The Balaban J connectivity index is 0. The molecule has 0 aliphatic heterocycles. The number of para-hydroxylation sites is 2. The second-order valence-corrected chi connectivity index (χ2v) is 2.20. The van der Waals surface area contributed by atoms with Crippen molar-refractivity contribution in [2.24, 2.45) is 0 Å². The summed E-state index contributed by atoms with van der Waals surface area (Å²) in [4.78, 5) is 10.5. The molecule has 0 aliphatic carbocycles. The van der Waals surface area contributed by atoms with E-state index in [-0.39, 0.29) is 31.9 Å². The zero-order valence-corrected chi connectivity index (χ0v) is 7.16. The van der Waals surface area contributed by atoms with E-state index in [1.165, 1.54) is 13.0 Å². The number of phenols is 1. The van der Waals surface area contributed by atoms with Gasteiger partial charge in [0.2, 0.25) is 5.91 Å². The number of benzene rings is 1. The van der Waals surface area contributed by atoms with Crippen LogP contribution in [0.2, 0.25) is 0 Å². The maximum absolute atomic E-state index is 10.5. The Morgan fingerprint density at radius 1 is 1.50 bits per heavy atom. The van der Waals surface area contributed by atoms with Gasteiger partial charge >= 0.3 is 18.9 Å². The molecule has 1 aromatic carbocycles. The number of hydrogen-bond acceptors (Lipinski definition) is 2. The summed E-state index contributed by atoms with van der Waals surface area (Å²) in [5.41, 5.74) is 0.444. The monoisotopic (exact) mass is 159 g/mol. The van der Waals surface area contributed by atoms with E-state index in [0.29, 0.717) is 5.69 Å². The summed E-state index contributed by atoms with van der Waals surface area (Å²) >= 11 is 0. The summed E-state index contributed by atoms with van der Waals surface area (Å²) in [5, 5.41) is 11.6. The molecule has 0 atom stereocenters. The van der Waals surface area contributed by atoms with Crippen LogP contribution in [0.3, 0.4) is 0 Å². The minimum Gasteiger partial charge on any atom is -1.00 e. The summed E-state index contributed by atoms with van der Waals surface area (Å²) in [7, 11) is 0. The number of amides is 1. The number of carbonyl (C=O) groups excluding carboxylic acids is 1. The molecule has 0 aliphatic rings. The first-order valence-electron chi connectivity index (χ1n) is 3.26. The van der Waals surface area contributed by atoms with Gasteiger partial charge in [-0.2, -0.15) is 0 Å². The fourth-order valence-electron chi connectivity index (χ4n) is 0.769. The number of nitrogens with one attached hydrogen (secondary N) is 1. The van der Waals surface area contributed by atoms with Gasteiger partial charge in [0.25, 0.3) is 0 Å². The Morgan fingerprint density at radius 2 is 2.08 bits per heavy atom. The van der Waals surface area contributed by atoms with Gasteiger partial charge < -0.3 is 11.8 Å². The van der Waals surface area contributed by atoms with Crippen LogP contribution >= 0.6 is 0 Å². The molecule has 0 aromatic heterocycles. The summed E-state index contributed by atoms with van der Waals surface area (Å²) in [6.07, 6.45) is 0. The van der Waals surface area contributed by atoms with Crippen LogP contribution in [0.4, 0.5) is 5.69 Å². The molecule has 0 heterocycles. The van der Waals surface area contributed by atoms with E-state index in [4.69, 9.17) is 5.11 Å². The quantitative estimate of drug-likeness (QED) is 0.385. The molecule has 1 rings (SSSR count). The average molecular weight is 159 g/mol. The number of rotatable bonds is 1. The molecule has 0 saturated carbocycles. The van der Waals surface area contributed by atoms with Gasteiger partial charge in [-0.3, -0.25) is 4.79 Å². The van der Waals surface area contributed by atoms with Gasteiger partial charge in [0.05, 0.1) is 5.69 Å². The van der Waals surface area contributed by atoms with Crippen molar-refractivity contribution < 1.29 is 30.2 Å². The summed E-state index contributed by atoms with van der Waals surface area (Å²) in [6, 6.07) is 6.59. The predicted molar refractivity (Wildman–Crippen MR) is 43.5 cm³/mol. The summed E-state index contributed by atoms with van der Waals surface area (Å²) < 4.78 is 0. The van der Waals surface area contributed by atoms with Crippen molar-refractivity contribution in [1.82, 2.24) is 0 Å². The minimum atomic E-state index is -0.188. The number of hydrogen-bond donors (Lipinski definition) is 2. The molecule has 0 saturated heterocycles. The van der Waals surface area contributed by atoms with E-state index in [0.717, 1.165) is 0 Å². The Bertz CT molecular complexity index is 281. The van der Waals surface area contributed by atoms with Gasteiger partial charge in [-0.1, -0.05) is 12.1 Å². The van der Waals surface area contributed by atoms with Gasteiger partial charge in [0.15, 0.2) is 0 Å². The van der Waals surface area contributed by atoms with Crippen molar-refractivity contribution in [2.45, 2.75) is 6.92 Å². The molecule has 0 fully saturated rings. The summed E-state index contributed by atoms with van der Waals surface area (Å²) in [6.45, 7) is 1.40. The number of aromatic hydroxyl groups is 1. The zero-order valence-electron chi connectivity index (χ0n) is 8.16. The predicted octanol–water partition coefficient (Wildman–Crippen LogP) is -1.53. The van der Waals surface area contributed by atoms with Gasteiger partial charge in [0.1, 0.15) is 5.75 Å². The fourth-order valence-corrected chi connectivity index (χ4v) is 0.769. The molecular weight excluding hydrogens is 149 g/mol. The molecular formula is C8H10LiNO2. The molecule has 12 heavy (non-hydrogen) atoms. The van der Waals surface area contributed by atoms with Crippen molar-refractivity contribution in [1.29, 1.82) is 0 Å². The normalized spacial score (nSPS) is 8.42. The average Bonchev–Trinajstić information content (AvgIpc) is 1.93. The van der Waals surface area contributed by atoms with Crippen LogP contribution in [0, 0.1) is 0 Å². The minimum absolute atomic E-state index is 0. The van der Waals surface area contributed by atoms with Crippen LogP contribution in [-0.2, 0) is 4.79 Å². The van der Waals surface area contributed by atoms with Crippen molar-refractivity contribution in [3.8, 4) is 5.75 Å². The number of anilines is 1. The maximum Gasteiger partial charge on any atom is 1.00 e. The third-order valence-electron chi connectivity index (χ3n) is 1.21. The van der Waals surface area contributed by atoms with Crippen LogP contribution < -0.4 is 24.2 Å². The van der Waals surface area contributed by atoms with Crippen LogP contribution in [0.15, 0.2) is 24.3 Å². The standard InChI is InChI=1S/C8H9NO2.Li.H/c1-6(10)9-7-4-2-3-5-8(7)11;;/h2-5,11H,1H3,(H,9,10);;/q;+1;-1. The molecule has 1 aromatic rings.